The second kappa shape index (κ2) is 7.87. The van der Waals surface area contributed by atoms with Crippen molar-refractivity contribution in [3.63, 3.8) is 0 Å². The molecule has 0 radical (unpaired) electrons. The summed E-state index contributed by atoms with van der Waals surface area (Å²) in [5.41, 5.74) is -0.424. The molecule has 0 aromatic carbocycles. The van der Waals surface area contributed by atoms with E-state index in [9.17, 15) is 4.79 Å². The second-order valence-corrected chi connectivity index (χ2v) is 7.24. The van der Waals surface area contributed by atoms with E-state index in [1.54, 1.807) is 0 Å². The van der Waals surface area contributed by atoms with Gasteiger partial charge in [0.25, 0.3) is 0 Å². The Bertz CT molecular complexity index is 289. The molecule has 1 saturated carbocycles. The van der Waals surface area contributed by atoms with Gasteiger partial charge in [-0.1, -0.05) is 13.8 Å². The van der Waals surface area contributed by atoms with E-state index in [1.165, 1.54) is 25.7 Å². The van der Waals surface area contributed by atoms with Crippen LogP contribution in [0.15, 0.2) is 0 Å². The van der Waals surface area contributed by atoms with Gasteiger partial charge in [0.05, 0.1) is 0 Å². The van der Waals surface area contributed by atoms with Crippen molar-refractivity contribution in [3.8, 4) is 0 Å². The fourth-order valence-electron chi connectivity index (χ4n) is 2.75. The lowest BCUT2D eigenvalue weighted by Crippen LogP contribution is -2.40. The Hall–Kier alpha value is -0.770. The summed E-state index contributed by atoms with van der Waals surface area (Å²) in [7, 11) is 0. The Morgan fingerprint density at radius 1 is 1.15 bits per heavy atom. The van der Waals surface area contributed by atoms with Gasteiger partial charge in [0.1, 0.15) is 5.60 Å². The van der Waals surface area contributed by atoms with E-state index >= 15 is 0 Å². The molecule has 0 unspecified atom stereocenters. The lowest BCUT2D eigenvalue weighted by molar-refractivity contribution is 0.0527. The minimum atomic E-state index is -0.424. The van der Waals surface area contributed by atoms with Crippen LogP contribution in [0.3, 0.4) is 0 Å². The quantitative estimate of drug-likeness (QED) is 0.761. The number of carbonyl (C=O) groups is 1. The molecule has 1 amide bonds. The van der Waals surface area contributed by atoms with Crippen LogP contribution in [0.25, 0.3) is 0 Å². The maximum Gasteiger partial charge on any atom is 0.407 e. The highest BCUT2D eigenvalue weighted by Gasteiger charge is 2.22. The number of ether oxygens (including phenoxy) is 1. The Kier molecular flexibility index (Phi) is 6.80. The molecule has 0 aromatic rings. The molecule has 0 atom stereocenters. The van der Waals surface area contributed by atoms with Crippen LogP contribution in [0.4, 0.5) is 4.79 Å². The Balaban J connectivity index is 2.07. The largest absolute Gasteiger partial charge is 0.444 e. The zero-order valence-corrected chi connectivity index (χ0v) is 13.8. The number of hydrogen-bond donors (Lipinski definition) is 2. The SMILES string of the molecule is CC(C)C1CCC(NCCNC(=O)OC(C)(C)C)CC1. The fourth-order valence-corrected chi connectivity index (χ4v) is 2.75. The first-order chi connectivity index (χ1) is 9.28. The van der Waals surface area contributed by atoms with Crippen LogP contribution in [0.1, 0.15) is 60.3 Å². The summed E-state index contributed by atoms with van der Waals surface area (Å²) in [6.45, 7) is 11.7. The second-order valence-electron chi connectivity index (χ2n) is 7.24. The van der Waals surface area contributed by atoms with E-state index in [4.69, 9.17) is 4.74 Å². The summed E-state index contributed by atoms with van der Waals surface area (Å²) in [6, 6.07) is 0.616. The van der Waals surface area contributed by atoms with Crippen LogP contribution in [-0.4, -0.2) is 30.8 Å². The first-order valence-electron chi connectivity index (χ1n) is 7.98. The minimum absolute atomic E-state index is 0.331. The van der Waals surface area contributed by atoms with E-state index in [-0.39, 0.29) is 6.09 Å². The lowest BCUT2D eigenvalue weighted by atomic mass is 9.80. The molecule has 1 aliphatic carbocycles. The van der Waals surface area contributed by atoms with Gasteiger partial charge in [0.15, 0.2) is 0 Å². The molecule has 118 valence electrons. The van der Waals surface area contributed by atoms with Crippen LogP contribution in [0.5, 0.6) is 0 Å². The number of nitrogens with one attached hydrogen (secondary N) is 2. The van der Waals surface area contributed by atoms with Crippen LogP contribution in [0.2, 0.25) is 0 Å². The van der Waals surface area contributed by atoms with Crippen molar-refractivity contribution in [1.82, 2.24) is 10.6 Å². The van der Waals surface area contributed by atoms with Crippen molar-refractivity contribution in [1.29, 1.82) is 0 Å². The molecule has 0 aromatic heterocycles. The van der Waals surface area contributed by atoms with Gasteiger partial charge in [-0.15, -0.1) is 0 Å². The topological polar surface area (TPSA) is 50.4 Å². The first kappa shape index (κ1) is 17.3. The molecule has 0 aliphatic heterocycles. The van der Waals surface area contributed by atoms with Gasteiger partial charge in [0, 0.05) is 19.1 Å². The van der Waals surface area contributed by atoms with Crippen molar-refractivity contribution in [2.75, 3.05) is 13.1 Å². The van der Waals surface area contributed by atoms with Crippen molar-refractivity contribution >= 4 is 6.09 Å². The molecular formula is C16H32N2O2. The molecule has 1 rings (SSSR count). The van der Waals surface area contributed by atoms with E-state index in [2.05, 4.69) is 24.5 Å². The summed E-state index contributed by atoms with van der Waals surface area (Å²) in [4.78, 5) is 11.5. The van der Waals surface area contributed by atoms with Gasteiger partial charge in [-0.05, 0) is 58.3 Å². The highest BCUT2D eigenvalue weighted by Crippen LogP contribution is 2.29. The standard InChI is InChI=1S/C16H32N2O2/c1-12(2)13-6-8-14(9-7-13)17-10-11-18-15(19)20-16(3,4)5/h12-14,17H,6-11H2,1-5H3,(H,18,19). The highest BCUT2D eigenvalue weighted by molar-refractivity contribution is 5.67. The average Bonchev–Trinajstić information content (AvgIpc) is 2.33. The molecule has 0 heterocycles. The zero-order chi connectivity index (χ0) is 15.2. The molecule has 0 spiro atoms. The summed E-state index contributed by atoms with van der Waals surface area (Å²) in [5, 5.41) is 6.31. The van der Waals surface area contributed by atoms with E-state index in [0.29, 0.717) is 12.6 Å². The molecular weight excluding hydrogens is 252 g/mol. The number of amides is 1. The van der Waals surface area contributed by atoms with E-state index in [1.807, 2.05) is 20.8 Å². The monoisotopic (exact) mass is 284 g/mol. The van der Waals surface area contributed by atoms with Crippen molar-refractivity contribution in [3.05, 3.63) is 0 Å². The Labute approximate surface area is 124 Å². The average molecular weight is 284 g/mol. The van der Waals surface area contributed by atoms with Crippen LogP contribution < -0.4 is 10.6 Å². The highest BCUT2D eigenvalue weighted by atomic mass is 16.6. The van der Waals surface area contributed by atoms with Crippen molar-refractivity contribution < 1.29 is 9.53 Å². The summed E-state index contributed by atoms with van der Waals surface area (Å²) >= 11 is 0. The predicted octanol–water partition coefficient (Wildman–Crippen LogP) is 3.32. The molecule has 20 heavy (non-hydrogen) atoms. The van der Waals surface area contributed by atoms with Gasteiger partial charge in [-0.2, -0.15) is 0 Å². The molecule has 1 aliphatic rings. The van der Waals surface area contributed by atoms with Crippen LogP contribution in [0, 0.1) is 11.8 Å². The lowest BCUT2D eigenvalue weighted by Gasteiger charge is -2.31. The molecule has 1 fully saturated rings. The third kappa shape index (κ3) is 7.13. The number of rotatable bonds is 5. The summed E-state index contributed by atoms with van der Waals surface area (Å²) < 4.78 is 5.19. The summed E-state index contributed by atoms with van der Waals surface area (Å²) in [6.07, 6.45) is 4.84. The van der Waals surface area contributed by atoms with Gasteiger partial charge in [0.2, 0.25) is 0 Å². The van der Waals surface area contributed by atoms with Crippen LogP contribution in [-0.2, 0) is 4.74 Å². The minimum Gasteiger partial charge on any atom is -0.444 e. The van der Waals surface area contributed by atoms with Crippen molar-refractivity contribution in [2.24, 2.45) is 11.8 Å². The maximum atomic E-state index is 11.5. The third-order valence-electron chi connectivity index (χ3n) is 3.94. The van der Waals surface area contributed by atoms with Gasteiger partial charge < -0.3 is 15.4 Å². The molecule has 4 nitrogen and oxygen atoms in total. The number of carbonyl (C=O) groups excluding carboxylic acids is 1. The third-order valence-corrected chi connectivity index (χ3v) is 3.94. The normalized spacial score (nSPS) is 23.7. The van der Waals surface area contributed by atoms with Gasteiger partial charge >= 0.3 is 6.09 Å². The first-order valence-corrected chi connectivity index (χ1v) is 7.98. The van der Waals surface area contributed by atoms with Crippen LogP contribution >= 0.6 is 0 Å². The van der Waals surface area contributed by atoms with E-state index < -0.39 is 5.60 Å². The number of alkyl carbamates (subject to hydrolysis) is 1. The Morgan fingerprint density at radius 3 is 2.25 bits per heavy atom. The zero-order valence-electron chi connectivity index (χ0n) is 13.8. The Morgan fingerprint density at radius 2 is 1.75 bits per heavy atom. The fraction of sp³-hybridized carbons (Fsp3) is 0.938. The smallest absolute Gasteiger partial charge is 0.407 e. The maximum absolute atomic E-state index is 11.5. The molecule has 2 N–H and O–H groups in total. The number of hydrogen-bond acceptors (Lipinski definition) is 3. The van der Waals surface area contributed by atoms with E-state index in [0.717, 1.165) is 18.4 Å². The molecule has 4 heteroatoms. The molecule has 0 saturated heterocycles. The predicted molar refractivity (Wildman–Crippen MR) is 82.8 cm³/mol. The van der Waals surface area contributed by atoms with Gasteiger partial charge in [-0.3, -0.25) is 0 Å². The van der Waals surface area contributed by atoms with Gasteiger partial charge in [-0.25, -0.2) is 4.79 Å². The van der Waals surface area contributed by atoms with Crippen molar-refractivity contribution in [2.45, 2.75) is 71.9 Å². The molecule has 0 bridgehead atoms. The summed E-state index contributed by atoms with van der Waals surface area (Å²) in [5.74, 6) is 1.71.